The number of benzene rings is 3. The molecule has 3 aromatic rings. The molecular weight excluding hydrogens is 648 g/mol. The molecule has 0 unspecified atom stereocenters. The Bertz CT molecular complexity index is 1290. The molecule has 0 fully saturated rings. The third-order valence-corrected chi connectivity index (χ3v) is 6.68. The lowest BCUT2D eigenvalue weighted by atomic mass is 9.86. The van der Waals surface area contributed by atoms with Crippen molar-refractivity contribution in [3.8, 4) is 34.5 Å². The van der Waals surface area contributed by atoms with Crippen LogP contribution >= 0.6 is 0 Å². The molecule has 0 spiro atoms. The third kappa shape index (κ3) is 14.2. The molecule has 0 saturated carbocycles. The molecule has 0 saturated heterocycles. The maximum atomic E-state index is 10.6. The summed E-state index contributed by atoms with van der Waals surface area (Å²) in [5.41, 5.74) is -0.123. The number of carboxylic acid groups (broad SMARTS) is 3. The van der Waals surface area contributed by atoms with Crippen LogP contribution in [0.1, 0.15) is 50.8 Å². The number of aliphatic hydroxyl groups excluding tert-OH is 3. The summed E-state index contributed by atoms with van der Waals surface area (Å²) >= 11 is 0. The van der Waals surface area contributed by atoms with E-state index in [0.29, 0.717) is 40.9 Å². The largest absolute Gasteiger partial charge is 0.493 e. The lowest BCUT2D eigenvalue weighted by molar-refractivity contribution is -0.00102. The summed E-state index contributed by atoms with van der Waals surface area (Å²) in [6, 6.07) is 13.3. The number of rotatable bonds is 14. The lowest BCUT2D eigenvalue weighted by Crippen LogP contribution is -2.33. The summed E-state index contributed by atoms with van der Waals surface area (Å²) in [6.07, 6.45) is 1.53. The van der Waals surface area contributed by atoms with E-state index in [1.807, 2.05) is 6.92 Å². The minimum Gasteiger partial charge on any atom is -0.493 e. The number of carboxylic acids is 3. The second kappa shape index (κ2) is 23.1. The zero-order chi connectivity index (χ0) is 37.6. The summed E-state index contributed by atoms with van der Waals surface area (Å²) in [4.78, 5) is 31.7. The van der Waals surface area contributed by atoms with Gasteiger partial charge in [-0.2, -0.15) is 0 Å². The number of carbonyl (C=O) groups is 3. The standard InChI is InChI=1S/3C9H10O4.C7H16O3/c3*1-12-7-4-3-6(9(10)11)5-8(7)13-2;1-2-3-7(4-8,5-9)6-10/h3*3-5H,1-2H3,(H,10,11);8-10H,2-6H2,1H3. The van der Waals surface area contributed by atoms with E-state index >= 15 is 0 Å². The second-order valence-corrected chi connectivity index (χ2v) is 9.85. The van der Waals surface area contributed by atoms with Crippen molar-refractivity contribution in [1.82, 2.24) is 0 Å². The predicted octanol–water partition coefficient (Wildman–Crippen LogP) is 3.96. The van der Waals surface area contributed by atoms with E-state index in [-0.39, 0.29) is 36.5 Å². The van der Waals surface area contributed by atoms with Gasteiger partial charge in [-0.3, -0.25) is 0 Å². The van der Waals surface area contributed by atoms with Crippen LogP contribution in [0.2, 0.25) is 0 Å². The lowest BCUT2D eigenvalue weighted by Gasteiger charge is -2.26. The molecule has 0 aliphatic carbocycles. The molecule has 3 aromatic carbocycles. The van der Waals surface area contributed by atoms with Crippen LogP contribution in [0, 0.1) is 5.41 Å². The van der Waals surface area contributed by atoms with E-state index in [2.05, 4.69) is 0 Å². The Morgan fingerprint density at radius 2 is 0.735 bits per heavy atom. The van der Waals surface area contributed by atoms with Gasteiger partial charge in [-0.1, -0.05) is 13.3 Å². The Morgan fingerprint density at radius 3 is 0.878 bits per heavy atom. The first-order valence-electron chi connectivity index (χ1n) is 14.5. The van der Waals surface area contributed by atoms with Gasteiger partial charge in [-0.05, 0) is 61.0 Å². The number of hydrogen-bond donors (Lipinski definition) is 6. The topological polar surface area (TPSA) is 228 Å². The van der Waals surface area contributed by atoms with Crippen molar-refractivity contribution < 1.29 is 73.4 Å². The van der Waals surface area contributed by atoms with Gasteiger partial charge in [0.1, 0.15) is 0 Å². The molecule has 0 aromatic heterocycles. The Hall–Kier alpha value is -5.25. The first-order chi connectivity index (χ1) is 23.3. The predicted molar refractivity (Wildman–Crippen MR) is 178 cm³/mol. The van der Waals surface area contributed by atoms with Gasteiger partial charge >= 0.3 is 17.9 Å². The highest BCUT2D eigenvalue weighted by Crippen LogP contribution is 2.29. The summed E-state index contributed by atoms with van der Waals surface area (Å²) < 4.78 is 29.7. The van der Waals surface area contributed by atoms with E-state index < -0.39 is 23.3 Å². The smallest absolute Gasteiger partial charge is 0.335 e. The average Bonchev–Trinajstić information content (AvgIpc) is 3.13. The molecular formula is C34H46O15. The van der Waals surface area contributed by atoms with E-state index in [4.69, 9.17) is 59.1 Å². The van der Waals surface area contributed by atoms with Crippen LogP contribution in [0.3, 0.4) is 0 Å². The van der Waals surface area contributed by atoms with E-state index in [1.165, 1.54) is 79.1 Å². The number of hydrogen-bond acceptors (Lipinski definition) is 12. The molecule has 0 bridgehead atoms. The third-order valence-electron chi connectivity index (χ3n) is 6.68. The van der Waals surface area contributed by atoms with Crippen molar-refractivity contribution in [2.24, 2.45) is 5.41 Å². The molecule has 49 heavy (non-hydrogen) atoms. The zero-order valence-electron chi connectivity index (χ0n) is 28.6. The van der Waals surface area contributed by atoms with Crippen molar-refractivity contribution >= 4 is 17.9 Å². The zero-order valence-corrected chi connectivity index (χ0v) is 28.6. The van der Waals surface area contributed by atoms with Crippen LogP contribution in [-0.4, -0.2) is 111 Å². The van der Waals surface area contributed by atoms with Crippen LogP contribution in [0.15, 0.2) is 54.6 Å². The van der Waals surface area contributed by atoms with Crippen molar-refractivity contribution in [2.45, 2.75) is 19.8 Å². The molecule has 0 aliphatic rings. The van der Waals surface area contributed by atoms with Gasteiger partial charge in [-0.15, -0.1) is 0 Å². The molecule has 0 atom stereocenters. The normalized spacial score (nSPS) is 9.92. The van der Waals surface area contributed by atoms with E-state index in [9.17, 15) is 14.4 Å². The maximum absolute atomic E-state index is 10.6. The van der Waals surface area contributed by atoms with Gasteiger partial charge in [0, 0.05) is 5.41 Å². The molecule has 0 radical (unpaired) electrons. The van der Waals surface area contributed by atoms with Gasteiger partial charge in [-0.25, -0.2) is 14.4 Å². The number of ether oxygens (including phenoxy) is 6. The van der Waals surface area contributed by atoms with E-state index in [1.54, 1.807) is 18.2 Å². The summed E-state index contributed by atoms with van der Waals surface area (Å²) in [6.45, 7) is 1.52. The van der Waals surface area contributed by atoms with Crippen molar-refractivity contribution in [3.63, 3.8) is 0 Å². The molecule has 15 heteroatoms. The fraction of sp³-hybridized carbons (Fsp3) is 0.382. The Balaban J connectivity index is 0.000000631. The minimum absolute atomic E-state index is 0.145. The van der Waals surface area contributed by atoms with Gasteiger partial charge in [0.2, 0.25) is 0 Å². The molecule has 3 rings (SSSR count). The highest BCUT2D eigenvalue weighted by atomic mass is 16.5. The van der Waals surface area contributed by atoms with Crippen molar-refractivity contribution in [2.75, 3.05) is 62.5 Å². The highest BCUT2D eigenvalue weighted by Gasteiger charge is 2.26. The first-order valence-corrected chi connectivity index (χ1v) is 14.5. The second-order valence-electron chi connectivity index (χ2n) is 9.85. The monoisotopic (exact) mass is 694 g/mol. The fourth-order valence-electron chi connectivity index (χ4n) is 3.83. The minimum atomic E-state index is -0.985. The summed E-state index contributed by atoms with van der Waals surface area (Å²) in [5, 5.41) is 52.4. The van der Waals surface area contributed by atoms with Crippen LogP contribution in [-0.2, 0) is 0 Å². The molecule has 0 amide bonds. The number of methoxy groups -OCH3 is 6. The van der Waals surface area contributed by atoms with Gasteiger partial charge in [0.05, 0.1) is 79.2 Å². The Morgan fingerprint density at radius 1 is 0.490 bits per heavy atom. The molecule has 15 nitrogen and oxygen atoms in total. The van der Waals surface area contributed by atoms with Crippen LogP contribution in [0.4, 0.5) is 0 Å². The molecule has 0 heterocycles. The van der Waals surface area contributed by atoms with Gasteiger partial charge < -0.3 is 59.1 Å². The molecule has 0 aliphatic heterocycles. The Labute approximate surface area is 284 Å². The van der Waals surface area contributed by atoms with Gasteiger partial charge in [0.15, 0.2) is 34.5 Å². The average molecular weight is 695 g/mol. The molecule has 272 valence electrons. The Kier molecular flexibility index (Phi) is 20.7. The fourth-order valence-corrected chi connectivity index (χ4v) is 3.83. The van der Waals surface area contributed by atoms with Crippen LogP contribution < -0.4 is 28.4 Å². The summed E-state index contributed by atoms with van der Waals surface area (Å²) in [7, 11) is 8.88. The van der Waals surface area contributed by atoms with Crippen LogP contribution in [0.5, 0.6) is 34.5 Å². The quantitative estimate of drug-likeness (QED) is 0.140. The highest BCUT2D eigenvalue weighted by molar-refractivity contribution is 5.89. The summed E-state index contributed by atoms with van der Waals surface area (Å²) in [5.74, 6) is -0.137. The van der Waals surface area contributed by atoms with Crippen molar-refractivity contribution in [3.05, 3.63) is 71.3 Å². The SMILES string of the molecule is CCCC(CO)(CO)CO.COc1ccc(C(=O)O)cc1OC.COc1ccc(C(=O)O)cc1OC.COc1ccc(C(=O)O)cc1OC. The van der Waals surface area contributed by atoms with Gasteiger partial charge in [0.25, 0.3) is 0 Å². The molecule has 6 N–H and O–H groups in total. The van der Waals surface area contributed by atoms with E-state index in [0.717, 1.165) is 6.42 Å². The first kappa shape index (κ1) is 43.8. The van der Waals surface area contributed by atoms with Crippen LogP contribution in [0.25, 0.3) is 0 Å². The van der Waals surface area contributed by atoms with Crippen molar-refractivity contribution in [1.29, 1.82) is 0 Å². The number of aromatic carboxylic acids is 3. The maximum Gasteiger partial charge on any atom is 0.335 e. The number of aliphatic hydroxyl groups is 3.